The molecule has 1 unspecified atom stereocenters. The van der Waals surface area contributed by atoms with E-state index in [2.05, 4.69) is 35.4 Å². The first-order valence-electron chi connectivity index (χ1n) is 8.79. The molecule has 4 nitrogen and oxygen atoms in total. The van der Waals surface area contributed by atoms with Gasteiger partial charge in [0.25, 0.3) is 0 Å². The van der Waals surface area contributed by atoms with Crippen LogP contribution in [0.2, 0.25) is 5.02 Å². The average molecular weight is 369 g/mol. The number of amides is 1. The van der Waals surface area contributed by atoms with Crippen LogP contribution in [0.15, 0.2) is 36.4 Å². The second kappa shape index (κ2) is 6.69. The van der Waals surface area contributed by atoms with Crippen LogP contribution in [0.25, 0.3) is 10.9 Å². The van der Waals surface area contributed by atoms with Crippen molar-refractivity contribution in [2.45, 2.75) is 26.2 Å². The van der Waals surface area contributed by atoms with Crippen molar-refractivity contribution in [1.29, 1.82) is 0 Å². The second-order valence-corrected chi connectivity index (χ2v) is 7.34. The highest BCUT2D eigenvalue weighted by Crippen LogP contribution is 2.34. The molecule has 0 fully saturated rings. The first-order chi connectivity index (χ1) is 12.5. The minimum absolute atomic E-state index is 0.0122. The molecule has 5 heteroatoms. The first-order valence-corrected chi connectivity index (χ1v) is 9.17. The monoisotopic (exact) mass is 368 g/mol. The lowest BCUT2D eigenvalue weighted by Gasteiger charge is -2.22. The van der Waals surface area contributed by atoms with Crippen molar-refractivity contribution in [3.63, 3.8) is 0 Å². The summed E-state index contributed by atoms with van der Waals surface area (Å²) in [5.41, 5.74) is 5.53. The van der Waals surface area contributed by atoms with Crippen LogP contribution in [0.5, 0.6) is 5.75 Å². The third-order valence-corrected chi connectivity index (χ3v) is 5.37. The lowest BCUT2D eigenvalue weighted by molar-refractivity contribution is -0.120. The Hall–Kier alpha value is -2.46. The third-order valence-electron chi connectivity index (χ3n) is 5.13. The maximum absolute atomic E-state index is 12.9. The smallest absolute Gasteiger partial charge is 0.227 e. The standard InChI is InChI=1S/C21H21ClN2O2/c1-12-3-6-17-15(9-12)16-10-13(4-7-18(16)23-17)21(25)24-19-11-14(22)5-8-20(19)26-2/h3,5-6,8-9,11,13,23H,4,7,10H2,1-2H3,(H,24,25). The number of halogens is 1. The molecular weight excluding hydrogens is 348 g/mol. The maximum atomic E-state index is 12.9. The fraction of sp³-hybridized carbons (Fsp3) is 0.286. The van der Waals surface area contributed by atoms with Gasteiger partial charge in [-0.2, -0.15) is 0 Å². The Bertz CT molecular complexity index is 993. The summed E-state index contributed by atoms with van der Waals surface area (Å²) >= 11 is 6.06. The van der Waals surface area contributed by atoms with E-state index in [1.165, 1.54) is 22.2 Å². The van der Waals surface area contributed by atoms with Gasteiger partial charge in [0.2, 0.25) is 5.91 Å². The molecule has 134 valence electrons. The predicted octanol–water partition coefficient (Wildman–Crippen LogP) is 4.88. The Morgan fingerprint density at radius 3 is 2.92 bits per heavy atom. The van der Waals surface area contributed by atoms with Gasteiger partial charge in [-0.15, -0.1) is 0 Å². The Morgan fingerprint density at radius 2 is 2.12 bits per heavy atom. The van der Waals surface area contributed by atoms with Gasteiger partial charge in [-0.1, -0.05) is 23.2 Å². The second-order valence-electron chi connectivity index (χ2n) is 6.90. The van der Waals surface area contributed by atoms with Crippen LogP contribution in [-0.2, 0) is 17.6 Å². The number of H-pyrrole nitrogens is 1. The minimum Gasteiger partial charge on any atom is -0.495 e. The zero-order valence-electron chi connectivity index (χ0n) is 14.9. The molecule has 1 aromatic heterocycles. The Labute approximate surface area is 157 Å². The summed E-state index contributed by atoms with van der Waals surface area (Å²) in [5.74, 6) is 0.561. The van der Waals surface area contributed by atoms with Gasteiger partial charge >= 0.3 is 0 Å². The first kappa shape index (κ1) is 17.0. The van der Waals surface area contributed by atoms with Crippen molar-refractivity contribution in [2.24, 2.45) is 5.92 Å². The van der Waals surface area contributed by atoms with Crippen LogP contribution in [0.1, 0.15) is 23.2 Å². The number of carbonyl (C=O) groups excluding carboxylic acids is 1. The van der Waals surface area contributed by atoms with Gasteiger partial charge in [-0.05, 0) is 62.1 Å². The molecule has 1 aliphatic carbocycles. The molecule has 2 aromatic carbocycles. The van der Waals surface area contributed by atoms with Crippen molar-refractivity contribution in [3.8, 4) is 5.75 Å². The van der Waals surface area contributed by atoms with Crippen molar-refractivity contribution < 1.29 is 9.53 Å². The van der Waals surface area contributed by atoms with Crippen LogP contribution >= 0.6 is 11.6 Å². The highest BCUT2D eigenvalue weighted by atomic mass is 35.5. The van der Waals surface area contributed by atoms with Crippen molar-refractivity contribution in [3.05, 3.63) is 58.2 Å². The molecule has 26 heavy (non-hydrogen) atoms. The zero-order valence-corrected chi connectivity index (χ0v) is 15.6. The van der Waals surface area contributed by atoms with Gasteiger partial charge in [-0.3, -0.25) is 4.79 Å². The summed E-state index contributed by atoms with van der Waals surface area (Å²) in [6.45, 7) is 2.09. The van der Waals surface area contributed by atoms with Crippen LogP contribution in [-0.4, -0.2) is 18.0 Å². The largest absolute Gasteiger partial charge is 0.495 e. The number of anilines is 1. The number of rotatable bonds is 3. The quantitative estimate of drug-likeness (QED) is 0.692. The maximum Gasteiger partial charge on any atom is 0.227 e. The highest BCUT2D eigenvalue weighted by Gasteiger charge is 2.28. The number of aryl methyl sites for hydroxylation is 2. The van der Waals surface area contributed by atoms with Gasteiger partial charge in [-0.25, -0.2) is 0 Å². The van der Waals surface area contributed by atoms with Gasteiger partial charge in [0.05, 0.1) is 12.8 Å². The summed E-state index contributed by atoms with van der Waals surface area (Å²) in [6.07, 6.45) is 2.45. The molecule has 4 rings (SSSR count). The van der Waals surface area contributed by atoms with E-state index in [1.54, 1.807) is 25.3 Å². The van der Waals surface area contributed by atoms with E-state index < -0.39 is 0 Å². The van der Waals surface area contributed by atoms with Crippen molar-refractivity contribution in [1.82, 2.24) is 4.98 Å². The summed E-state index contributed by atoms with van der Waals surface area (Å²) < 4.78 is 5.32. The van der Waals surface area contributed by atoms with Crippen LogP contribution in [0, 0.1) is 12.8 Å². The number of fused-ring (bicyclic) bond motifs is 3. The number of benzene rings is 2. The normalized spacial score (nSPS) is 16.3. The van der Waals surface area contributed by atoms with E-state index in [1.807, 2.05) is 0 Å². The Morgan fingerprint density at radius 1 is 1.27 bits per heavy atom. The van der Waals surface area contributed by atoms with E-state index in [9.17, 15) is 4.79 Å². The van der Waals surface area contributed by atoms with E-state index >= 15 is 0 Å². The molecule has 1 amide bonds. The number of aromatic nitrogens is 1. The van der Waals surface area contributed by atoms with Crippen molar-refractivity contribution >= 4 is 34.1 Å². The summed E-state index contributed by atoms with van der Waals surface area (Å²) in [5, 5.41) is 4.80. The molecule has 0 aliphatic heterocycles. The van der Waals surface area contributed by atoms with E-state index in [0.717, 1.165) is 24.8 Å². The number of nitrogens with one attached hydrogen (secondary N) is 2. The average Bonchev–Trinajstić information content (AvgIpc) is 2.99. The minimum atomic E-state index is -0.0642. The van der Waals surface area contributed by atoms with Crippen LogP contribution in [0.3, 0.4) is 0 Å². The molecule has 1 heterocycles. The summed E-state index contributed by atoms with van der Waals surface area (Å²) in [6, 6.07) is 11.7. The SMILES string of the molecule is COc1ccc(Cl)cc1NC(=O)C1CCc2[nH]c3ccc(C)cc3c2C1. The molecular formula is C21H21ClN2O2. The topological polar surface area (TPSA) is 54.1 Å². The molecule has 0 radical (unpaired) electrons. The molecule has 2 N–H and O–H groups in total. The fourth-order valence-electron chi connectivity index (χ4n) is 3.77. The lowest BCUT2D eigenvalue weighted by Crippen LogP contribution is -2.28. The number of ether oxygens (including phenoxy) is 1. The Balaban J connectivity index is 1.59. The van der Waals surface area contributed by atoms with Gasteiger partial charge < -0.3 is 15.0 Å². The third kappa shape index (κ3) is 3.06. The summed E-state index contributed by atoms with van der Waals surface area (Å²) in [4.78, 5) is 16.4. The summed E-state index contributed by atoms with van der Waals surface area (Å²) in [7, 11) is 1.58. The van der Waals surface area contributed by atoms with E-state index in [-0.39, 0.29) is 11.8 Å². The van der Waals surface area contributed by atoms with E-state index in [4.69, 9.17) is 16.3 Å². The molecule has 0 saturated heterocycles. The van der Waals surface area contributed by atoms with E-state index in [0.29, 0.717) is 16.5 Å². The van der Waals surface area contributed by atoms with Crippen LogP contribution < -0.4 is 10.1 Å². The predicted molar refractivity (Wildman–Crippen MR) is 105 cm³/mol. The van der Waals surface area contributed by atoms with Gasteiger partial charge in [0, 0.05) is 27.5 Å². The molecule has 0 spiro atoms. The van der Waals surface area contributed by atoms with Crippen molar-refractivity contribution in [2.75, 3.05) is 12.4 Å². The van der Waals surface area contributed by atoms with Gasteiger partial charge in [0.1, 0.15) is 5.75 Å². The number of hydrogen-bond acceptors (Lipinski definition) is 2. The molecule has 1 atom stereocenters. The zero-order chi connectivity index (χ0) is 18.3. The lowest BCUT2D eigenvalue weighted by atomic mass is 9.85. The molecule has 0 bridgehead atoms. The highest BCUT2D eigenvalue weighted by molar-refractivity contribution is 6.31. The number of methoxy groups -OCH3 is 1. The number of aromatic amines is 1. The van der Waals surface area contributed by atoms with Crippen LogP contribution in [0.4, 0.5) is 5.69 Å². The molecule has 0 saturated carbocycles. The number of hydrogen-bond donors (Lipinski definition) is 2. The fourth-order valence-corrected chi connectivity index (χ4v) is 3.94. The Kier molecular flexibility index (Phi) is 4.37. The molecule has 1 aliphatic rings. The van der Waals surface area contributed by atoms with Gasteiger partial charge in [0.15, 0.2) is 0 Å². The molecule has 3 aromatic rings. The number of carbonyl (C=O) groups is 1.